The molecule has 0 heterocycles. The third kappa shape index (κ3) is 11.9. The molecule has 2 N–H and O–H groups in total. The van der Waals surface area contributed by atoms with Crippen LogP contribution in [0.5, 0.6) is 0 Å². The Kier molecular flexibility index (Phi) is 13.2. The smallest absolute Gasteiger partial charge is 0.408 e. The number of carbonyl (C=O) groups excluding carboxylic acids is 4. The summed E-state index contributed by atoms with van der Waals surface area (Å²) >= 11 is 0. The molecule has 9 nitrogen and oxygen atoms in total. The Morgan fingerprint density at radius 1 is 0.822 bits per heavy atom. The number of hydrogen-bond acceptors (Lipinski definition) is 6. The Labute approximate surface area is 269 Å². The molecule has 0 aliphatic rings. The van der Waals surface area contributed by atoms with E-state index in [9.17, 15) is 19.2 Å². The van der Waals surface area contributed by atoms with Crippen molar-refractivity contribution >= 4 is 23.9 Å². The highest BCUT2D eigenvalue weighted by Crippen LogP contribution is 2.28. The number of nitrogens with one attached hydrogen (secondary N) is 2. The van der Waals surface area contributed by atoms with Crippen LogP contribution in [-0.2, 0) is 30.3 Å². The van der Waals surface area contributed by atoms with Gasteiger partial charge in [-0.1, -0.05) is 80.4 Å². The van der Waals surface area contributed by atoms with Gasteiger partial charge in [-0.3, -0.25) is 9.59 Å². The summed E-state index contributed by atoms with van der Waals surface area (Å²) in [6.07, 6.45) is 0.0826. The lowest BCUT2D eigenvalue weighted by atomic mass is 9.94. The second-order valence-electron chi connectivity index (χ2n) is 13.9. The standard InChI is InChI=1S/C36H53N3O6/c1-12-25(5)29(38-34(43)45-36(9,10)11)32(41)39(23(2)3)30(27-20-16-17-24(4)21-27)31(40)37-28(33(42)44-35(6,7)8)22-26-18-14-13-15-19-26/h13-21,23,25,28-30H,12,22H2,1-11H3,(H,37,40)(H,38,43). The van der Waals surface area contributed by atoms with Crippen LogP contribution in [0, 0.1) is 12.8 Å². The molecule has 0 bridgehead atoms. The van der Waals surface area contributed by atoms with Crippen LogP contribution in [0.3, 0.4) is 0 Å². The quantitative estimate of drug-likeness (QED) is 0.269. The molecule has 2 rings (SSSR count). The zero-order valence-electron chi connectivity index (χ0n) is 28.9. The first-order valence-corrected chi connectivity index (χ1v) is 15.8. The summed E-state index contributed by atoms with van der Waals surface area (Å²) in [5.74, 6) is -1.80. The minimum atomic E-state index is -1.11. The maximum Gasteiger partial charge on any atom is 0.408 e. The van der Waals surface area contributed by atoms with Gasteiger partial charge in [0, 0.05) is 12.5 Å². The van der Waals surface area contributed by atoms with E-state index in [1.54, 1.807) is 47.6 Å². The molecule has 9 heteroatoms. The van der Waals surface area contributed by atoms with E-state index in [4.69, 9.17) is 9.47 Å². The molecule has 2 aromatic carbocycles. The predicted octanol–water partition coefficient (Wildman–Crippen LogP) is 6.28. The van der Waals surface area contributed by atoms with Crippen molar-refractivity contribution < 1.29 is 28.7 Å². The lowest BCUT2D eigenvalue weighted by molar-refractivity contribution is -0.159. The van der Waals surface area contributed by atoms with Gasteiger partial charge in [0.15, 0.2) is 0 Å². The summed E-state index contributed by atoms with van der Waals surface area (Å²) in [6.45, 7) is 19.9. The van der Waals surface area contributed by atoms with Crippen molar-refractivity contribution in [3.8, 4) is 0 Å². The molecule has 0 aromatic heterocycles. The summed E-state index contributed by atoms with van der Waals surface area (Å²) in [5, 5.41) is 5.71. The summed E-state index contributed by atoms with van der Waals surface area (Å²) in [4.78, 5) is 56.7. The molecule has 2 aromatic rings. The molecule has 3 amide bonds. The van der Waals surface area contributed by atoms with Crippen LogP contribution in [0.25, 0.3) is 0 Å². The van der Waals surface area contributed by atoms with Gasteiger partial charge in [-0.25, -0.2) is 9.59 Å². The van der Waals surface area contributed by atoms with Crippen molar-refractivity contribution in [1.29, 1.82) is 0 Å². The molecule has 0 aliphatic heterocycles. The Bertz CT molecular complexity index is 1300. The van der Waals surface area contributed by atoms with Gasteiger partial charge in [-0.05, 0) is 79.4 Å². The second kappa shape index (κ2) is 15.9. The third-order valence-corrected chi connectivity index (χ3v) is 7.14. The minimum Gasteiger partial charge on any atom is -0.458 e. The molecule has 0 fully saturated rings. The summed E-state index contributed by atoms with van der Waals surface area (Å²) in [7, 11) is 0. The first kappa shape index (κ1) is 37.3. The first-order valence-electron chi connectivity index (χ1n) is 15.8. The zero-order chi connectivity index (χ0) is 34.1. The highest BCUT2D eigenvalue weighted by molar-refractivity contribution is 5.94. The Morgan fingerprint density at radius 2 is 1.42 bits per heavy atom. The fourth-order valence-electron chi connectivity index (χ4n) is 4.90. The Balaban J connectivity index is 2.61. The van der Waals surface area contributed by atoms with E-state index >= 15 is 0 Å². The molecule has 0 spiro atoms. The number of amides is 3. The van der Waals surface area contributed by atoms with Gasteiger partial charge in [0.05, 0.1) is 0 Å². The Morgan fingerprint density at radius 3 is 1.93 bits per heavy atom. The molecular weight excluding hydrogens is 570 g/mol. The Hall–Kier alpha value is -3.88. The van der Waals surface area contributed by atoms with Crippen molar-refractivity contribution in [3.05, 3.63) is 71.3 Å². The molecule has 0 aliphatic carbocycles. The van der Waals surface area contributed by atoms with Crippen LogP contribution >= 0.6 is 0 Å². The van der Waals surface area contributed by atoms with Crippen LogP contribution < -0.4 is 10.6 Å². The van der Waals surface area contributed by atoms with Gasteiger partial charge in [-0.15, -0.1) is 0 Å². The molecule has 0 saturated carbocycles. The van der Waals surface area contributed by atoms with Crippen LogP contribution in [0.2, 0.25) is 0 Å². The van der Waals surface area contributed by atoms with Crippen molar-refractivity contribution in [2.24, 2.45) is 5.92 Å². The number of esters is 1. The second-order valence-corrected chi connectivity index (χ2v) is 13.9. The first-order chi connectivity index (χ1) is 20.8. The number of ether oxygens (including phenoxy) is 2. The van der Waals surface area contributed by atoms with E-state index in [0.29, 0.717) is 12.0 Å². The van der Waals surface area contributed by atoms with Gasteiger partial charge >= 0.3 is 12.1 Å². The van der Waals surface area contributed by atoms with E-state index in [0.717, 1.165) is 11.1 Å². The third-order valence-electron chi connectivity index (χ3n) is 7.14. The number of rotatable bonds is 12. The number of hydrogen-bond donors (Lipinski definition) is 2. The predicted molar refractivity (Wildman–Crippen MR) is 176 cm³/mol. The van der Waals surface area contributed by atoms with Crippen molar-refractivity contribution in [1.82, 2.24) is 15.5 Å². The zero-order valence-corrected chi connectivity index (χ0v) is 28.9. The maximum absolute atomic E-state index is 14.5. The molecule has 4 unspecified atom stereocenters. The van der Waals surface area contributed by atoms with Crippen LogP contribution in [0.1, 0.15) is 98.4 Å². The average molecular weight is 624 g/mol. The average Bonchev–Trinajstić information content (AvgIpc) is 2.91. The number of alkyl carbamates (subject to hydrolysis) is 1. The molecule has 248 valence electrons. The fraction of sp³-hybridized carbons (Fsp3) is 0.556. The maximum atomic E-state index is 14.5. The molecule has 0 radical (unpaired) electrons. The summed E-state index contributed by atoms with van der Waals surface area (Å²) in [5.41, 5.74) is 0.793. The molecular formula is C36H53N3O6. The van der Waals surface area contributed by atoms with Gasteiger partial charge in [0.1, 0.15) is 29.3 Å². The number of benzene rings is 2. The molecule has 4 atom stereocenters. The van der Waals surface area contributed by atoms with Crippen molar-refractivity contribution in [2.45, 2.75) is 124 Å². The molecule has 0 saturated heterocycles. The van der Waals surface area contributed by atoms with E-state index in [1.165, 1.54) is 4.90 Å². The normalized spacial score (nSPS) is 14.5. The van der Waals surface area contributed by atoms with E-state index in [1.807, 2.05) is 83.1 Å². The van der Waals surface area contributed by atoms with Gasteiger partial charge in [0.25, 0.3) is 0 Å². The van der Waals surface area contributed by atoms with Crippen LogP contribution in [0.15, 0.2) is 54.6 Å². The number of nitrogens with zero attached hydrogens (tertiary/aromatic N) is 1. The minimum absolute atomic E-state index is 0.202. The van der Waals surface area contributed by atoms with Crippen molar-refractivity contribution in [3.63, 3.8) is 0 Å². The number of carbonyl (C=O) groups is 4. The van der Waals surface area contributed by atoms with E-state index < -0.39 is 59.2 Å². The summed E-state index contributed by atoms with van der Waals surface area (Å²) in [6, 6.07) is 13.2. The van der Waals surface area contributed by atoms with Crippen LogP contribution in [-0.4, -0.2) is 58.1 Å². The SMILES string of the molecule is CCC(C)C(NC(=O)OC(C)(C)C)C(=O)N(C(C)C)C(C(=O)NC(Cc1ccccc1)C(=O)OC(C)(C)C)c1cccc(C)c1. The lowest BCUT2D eigenvalue weighted by Gasteiger charge is -2.39. The lowest BCUT2D eigenvalue weighted by Crippen LogP contribution is -2.58. The van der Waals surface area contributed by atoms with E-state index in [-0.39, 0.29) is 12.3 Å². The van der Waals surface area contributed by atoms with E-state index in [2.05, 4.69) is 10.6 Å². The topological polar surface area (TPSA) is 114 Å². The fourth-order valence-corrected chi connectivity index (χ4v) is 4.90. The van der Waals surface area contributed by atoms with Gasteiger partial charge in [-0.2, -0.15) is 0 Å². The number of aryl methyl sites for hydroxylation is 1. The van der Waals surface area contributed by atoms with Gasteiger partial charge in [0.2, 0.25) is 11.8 Å². The molecule has 45 heavy (non-hydrogen) atoms. The highest BCUT2D eigenvalue weighted by Gasteiger charge is 2.41. The largest absolute Gasteiger partial charge is 0.458 e. The monoisotopic (exact) mass is 623 g/mol. The van der Waals surface area contributed by atoms with Crippen LogP contribution in [0.4, 0.5) is 4.79 Å². The van der Waals surface area contributed by atoms with Crippen molar-refractivity contribution in [2.75, 3.05) is 0 Å². The summed E-state index contributed by atoms with van der Waals surface area (Å²) < 4.78 is 11.2. The van der Waals surface area contributed by atoms with Gasteiger partial charge < -0.3 is 25.0 Å². The highest BCUT2D eigenvalue weighted by atomic mass is 16.6.